The average molecular weight is 338 g/mol. The second kappa shape index (κ2) is 5.55. The van der Waals surface area contributed by atoms with E-state index in [1.165, 1.54) is 0 Å². The van der Waals surface area contributed by atoms with Crippen molar-refractivity contribution in [3.8, 4) is 6.07 Å². The van der Waals surface area contributed by atoms with Gasteiger partial charge in [0.1, 0.15) is 11.9 Å². The molecule has 2 aromatic carbocycles. The molecule has 102 valence electrons. The van der Waals surface area contributed by atoms with Crippen molar-refractivity contribution < 1.29 is 0 Å². The number of halogens is 1. The van der Waals surface area contributed by atoms with E-state index in [4.69, 9.17) is 0 Å². The van der Waals surface area contributed by atoms with Crippen LogP contribution in [0.15, 0.2) is 53.1 Å². The smallest absolute Gasteiger partial charge is 0.148 e. The van der Waals surface area contributed by atoms with Crippen LogP contribution in [0, 0.1) is 18.3 Å². The van der Waals surface area contributed by atoms with E-state index < -0.39 is 0 Å². The zero-order chi connectivity index (χ0) is 14.8. The van der Waals surface area contributed by atoms with Crippen molar-refractivity contribution >= 4 is 38.2 Å². The molecule has 0 amide bonds. The summed E-state index contributed by atoms with van der Waals surface area (Å²) in [6, 6.07) is 16.3. The Morgan fingerprint density at radius 2 is 1.86 bits per heavy atom. The van der Waals surface area contributed by atoms with Crippen molar-refractivity contribution in [3.05, 3.63) is 64.3 Å². The molecule has 0 atom stereocenters. The Labute approximate surface area is 131 Å². The van der Waals surface area contributed by atoms with Crippen LogP contribution in [0.2, 0.25) is 0 Å². The highest BCUT2D eigenvalue weighted by molar-refractivity contribution is 9.10. The highest BCUT2D eigenvalue weighted by atomic mass is 79.9. The van der Waals surface area contributed by atoms with Gasteiger partial charge in [-0.05, 0) is 53.6 Å². The van der Waals surface area contributed by atoms with E-state index in [2.05, 4.69) is 44.4 Å². The van der Waals surface area contributed by atoms with Gasteiger partial charge in [0.25, 0.3) is 0 Å². The minimum Gasteiger partial charge on any atom is -0.339 e. The Morgan fingerprint density at radius 3 is 2.67 bits per heavy atom. The number of pyridine rings is 1. The first-order valence-corrected chi connectivity index (χ1v) is 7.29. The largest absolute Gasteiger partial charge is 0.339 e. The minimum atomic E-state index is 0.577. The number of fused-ring (bicyclic) bond motifs is 1. The monoisotopic (exact) mass is 337 g/mol. The fourth-order valence-electron chi connectivity index (χ4n) is 2.23. The van der Waals surface area contributed by atoms with Gasteiger partial charge in [-0.3, -0.25) is 0 Å². The highest BCUT2D eigenvalue weighted by Gasteiger charge is 2.07. The van der Waals surface area contributed by atoms with E-state index in [1.54, 1.807) is 6.20 Å². The maximum Gasteiger partial charge on any atom is 0.148 e. The van der Waals surface area contributed by atoms with Crippen molar-refractivity contribution in [2.45, 2.75) is 6.92 Å². The van der Waals surface area contributed by atoms with E-state index in [0.29, 0.717) is 11.4 Å². The molecule has 0 aliphatic heterocycles. The number of nitrogens with zero attached hydrogens (tertiary/aromatic N) is 2. The van der Waals surface area contributed by atoms with Crippen molar-refractivity contribution in [2.75, 3.05) is 5.32 Å². The Kier molecular flexibility index (Phi) is 3.59. The van der Waals surface area contributed by atoms with E-state index in [9.17, 15) is 5.26 Å². The van der Waals surface area contributed by atoms with Gasteiger partial charge in [0.2, 0.25) is 0 Å². The van der Waals surface area contributed by atoms with Gasteiger partial charge in [0.05, 0.1) is 5.56 Å². The summed E-state index contributed by atoms with van der Waals surface area (Å²) in [6.07, 6.45) is 1.71. The minimum absolute atomic E-state index is 0.577. The van der Waals surface area contributed by atoms with Crippen LogP contribution in [0.25, 0.3) is 10.8 Å². The van der Waals surface area contributed by atoms with Crippen LogP contribution < -0.4 is 5.32 Å². The summed E-state index contributed by atoms with van der Waals surface area (Å²) in [5.41, 5.74) is 2.41. The van der Waals surface area contributed by atoms with Gasteiger partial charge in [-0.2, -0.15) is 5.26 Å². The standard InChI is InChI=1S/C17H12BrN3/c1-11-6-7-20-17(16(11)10-19)21-15-5-3-12-8-14(18)4-2-13(12)9-15/h2-9H,1H3,(H,20,21). The highest BCUT2D eigenvalue weighted by Crippen LogP contribution is 2.26. The Hall–Kier alpha value is -2.38. The van der Waals surface area contributed by atoms with E-state index in [-0.39, 0.29) is 0 Å². The SMILES string of the molecule is Cc1ccnc(Nc2ccc3cc(Br)ccc3c2)c1C#N. The Balaban J connectivity index is 2.01. The van der Waals surface area contributed by atoms with Crippen molar-refractivity contribution in [2.24, 2.45) is 0 Å². The zero-order valence-corrected chi connectivity index (χ0v) is 13.0. The van der Waals surface area contributed by atoms with E-state index in [0.717, 1.165) is 26.5 Å². The van der Waals surface area contributed by atoms with Gasteiger partial charge < -0.3 is 5.32 Å². The van der Waals surface area contributed by atoms with Gasteiger partial charge in [-0.25, -0.2) is 4.98 Å². The molecule has 21 heavy (non-hydrogen) atoms. The first-order chi connectivity index (χ1) is 10.2. The lowest BCUT2D eigenvalue weighted by Crippen LogP contribution is -1.98. The predicted molar refractivity (Wildman–Crippen MR) is 88.6 cm³/mol. The van der Waals surface area contributed by atoms with Crippen molar-refractivity contribution in [1.82, 2.24) is 4.98 Å². The Bertz CT molecular complexity index is 866. The fourth-order valence-corrected chi connectivity index (χ4v) is 2.60. The molecule has 0 aliphatic carbocycles. The number of nitriles is 1. The van der Waals surface area contributed by atoms with Crippen LogP contribution in [0.1, 0.15) is 11.1 Å². The molecule has 1 aromatic heterocycles. The molecular formula is C17H12BrN3. The van der Waals surface area contributed by atoms with E-state index in [1.807, 2.05) is 37.3 Å². The number of hydrogen-bond acceptors (Lipinski definition) is 3. The normalized spacial score (nSPS) is 10.3. The average Bonchev–Trinajstić information content (AvgIpc) is 2.48. The number of rotatable bonds is 2. The summed E-state index contributed by atoms with van der Waals surface area (Å²) in [7, 11) is 0. The molecule has 0 spiro atoms. The number of anilines is 2. The molecule has 0 saturated heterocycles. The quantitative estimate of drug-likeness (QED) is 0.721. The number of aromatic nitrogens is 1. The third kappa shape index (κ3) is 2.74. The predicted octanol–water partition coefficient (Wildman–Crippen LogP) is 4.92. The maximum absolute atomic E-state index is 9.24. The molecule has 4 heteroatoms. The second-order valence-corrected chi connectivity index (χ2v) is 5.71. The third-order valence-corrected chi connectivity index (χ3v) is 3.83. The molecule has 0 fully saturated rings. The molecule has 0 aliphatic rings. The van der Waals surface area contributed by atoms with Crippen LogP contribution in [0.4, 0.5) is 11.5 Å². The maximum atomic E-state index is 9.24. The van der Waals surface area contributed by atoms with Crippen LogP contribution in [0.5, 0.6) is 0 Å². The lowest BCUT2D eigenvalue weighted by atomic mass is 10.1. The first-order valence-electron chi connectivity index (χ1n) is 6.49. The van der Waals surface area contributed by atoms with Crippen molar-refractivity contribution in [1.29, 1.82) is 5.26 Å². The van der Waals surface area contributed by atoms with Crippen LogP contribution in [0.3, 0.4) is 0 Å². The molecule has 0 radical (unpaired) electrons. The molecule has 3 nitrogen and oxygen atoms in total. The summed E-state index contributed by atoms with van der Waals surface area (Å²) in [6.45, 7) is 1.91. The third-order valence-electron chi connectivity index (χ3n) is 3.34. The zero-order valence-electron chi connectivity index (χ0n) is 11.4. The first kappa shape index (κ1) is 13.6. The van der Waals surface area contributed by atoms with Crippen LogP contribution >= 0.6 is 15.9 Å². The molecule has 0 saturated carbocycles. The van der Waals surface area contributed by atoms with Gasteiger partial charge in [0, 0.05) is 16.4 Å². The van der Waals surface area contributed by atoms with Gasteiger partial charge in [0.15, 0.2) is 0 Å². The summed E-state index contributed by atoms with van der Waals surface area (Å²) < 4.78 is 1.06. The van der Waals surface area contributed by atoms with Crippen LogP contribution in [-0.4, -0.2) is 4.98 Å². The van der Waals surface area contributed by atoms with Gasteiger partial charge in [-0.1, -0.05) is 28.1 Å². The van der Waals surface area contributed by atoms with E-state index >= 15 is 0 Å². The molecular weight excluding hydrogens is 326 g/mol. The number of hydrogen-bond donors (Lipinski definition) is 1. The number of aryl methyl sites for hydroxylation is 1. The number of nitrogens with one attached hydrogen (secondary N) is 1. The van der Waals surface area contributed by atoms with Crippen LogP contribution in [-0.2, 0) is 0 Å². The van der Waals surface area contributed by atoms with Gasteiger partial charge >= 0.3 is 0 Å². The number of benzene rings is 2. The molecule has 1 N–H and O–H groups in total. The lowest BCUT2D eigenvalue weighted by Gasteiger charge is -2.09. The fraction of sp³-hybridized carbons (Fsp3) is 0.0588. The topological polar surface area (TPSA) is 48.7 Å². The molecule has 0 bridgehead atoms. The summed E-state index contributed by atoms with van der Waals surface area (Å²) >= 11 is 3.47. The van der Waals surface area contributed by atoms with Crippen molar-refractivity contribution in [3.63, 3.8) is 0 Å². The molecule has 1 heterocycles. The molecule has 3 aromatic rings. The summed E-state index contributed by atoms with van der Waals surface area (Å²) in [5.74, 6) is 0.592. The Morgan fingerprint density at radius 1 is 1.10 bits per heavy atom. The van der Waals surface area contributed by atoms with Gasteiger partial charge in [-0.15, -0.1) is 0 Å². The molecule has 3 rings (SSSR count). The lowest BCUT2D eigenvalue weighted by molar-refractivity contribution is 1.25. The second-order valence-electron chi connectivity index (χ2n) is 4.79. The summed E-state index contributed by atoms with van der Waals surface area (Å²) in [5, 5.41) is 14.8. The summed E-state index contributed by atoms with van der Waals surface area (Å²) in [4.78, 5) is 4.26. The molecule has 0 unspecified atom stereocenters.